The van der Waals surface area contributed by atoms with Crippen LogP contribution in [-0.2, 0) is 6.54 Å². The number of amides is 1. The molecule has 0 atom stereocenters. The fourth-order valence-electron chi connectivity index (χ4n) is 4.42. The zero-order valence-corrected chi connectivity index (χ0v) is 16.4. The van der Waals surface area contributed by atoms with Crippen LogP contribution < -0.4 is 5.56 Å². The van der Waals surface area contributed by atoms with Gasteiger partial charge in [0, 0.05) is 13.1 Å². The topological polar surface area (TPSA) is 58.4 Å². The third-order valence-electron chi connectivity index (χ3n) is 5.97. The molecule has 3 aromatic rings. The van der Waals surface area contributed by atoms with Crippen LogP contribution in [0.5, 0.6) is 0 Å². The second-order valence-corrected chi connectivity index (χ2v) is 7.83. The molecule has 29 heavy (non-hydrogen) atoms. The number of rotatable bonds is 3. The van der Waals surface area contributed by atoms with Gasteiger partial charge in [0.05, 0.1) is 28.7 Å². The molecule has 1 aromatic heterocycles. The Morgan fingerprint density at radius 1 is 0.862 bits per heavy atom. The normalized spacial score (nSPS) is 17.1. The lowest BCUT2D eigenvalue weighted by atomic mass is 10.1. The van der Waals surface area contributed by atoms with Crippen molar-refractivity contribution in [3.63, 3.8) is 0 Å². The maximum atomic E-state index is 13.3. The molecule has 2 aliphatic heterocycles. The standard InChI is InChI=1S/C23H24N4O2/c28-22-18-9-3-5-11-20(18)27-21(24-19-10-4-2-8-17(19)23(27)29)16-26(22)15-14-25-12-6-1-7-13-25/h2-5,8-11H,1,6-7,12-16H2. The van der Waals surface area contributed by atoms with E-state index in [9.17, 15) is 9.59 Å². The molecule has 148 valence electrons. The van der Waals surface area contributed by atoms with E-state index in [1.807, 2.05) is 47.4 Å². The van der Waals surface area contributed by atoms with Crippen LogP contribution >= 0.6 is 0 Å². The minimum absolute atomic E-state index is 0.0356. The van der Waals surface area contributed by atoms with Gasteiger partial charge in [0.2, 0.25) is 0 Å². The summed E-state index contributed by atoms with van der Waals surface area (Å²) in [7, 11) is 0. The predicted molar refractivity (Wildman–Crippen MR) is 112 cm³/mol. The number of carbonyl (C=O) groups is 1. The Bertz CT molecular complexity index is 1130. The minimum atomic E-state index is -0.122. The molecule has 0 saturated carbocycles. The molecule has 1 fully saturated rings. The van der Waals surface area contributed by atoms with E-state index in [2.05, 4.69) is 4.90 Å². The van der Waals surface area contributed by atoms with Crippen LogP contribution in [-0.4, -0.2) is 51.4 Å². The number of likely N-dealkylation sites (tertiary alicyclic amines) is 1. The maximum absolute atomic E-state index is 13.3. The smallest absolute Gasteiger partial charge is 0.266 e. The lowest BCUT2D eigenvalue weighted by Crippen LogP contribution is -2.40. The summed E-state index contributed by atoms with van der Waals surface area (Å²) in [5.74, 6) is 0.581. The number of benzene rings is 2. The fraction of sp³-hybridized carbons (Fsp3) is 0.348. The molecule has 5 rings (SSSR count). The number of piperidine rings is 1. The van der Waals surface area contributed by atoms with Gasteiger partial charge in [0.25, 0.3) is 11.5 Å². The SMILES string of the molecule is O=C1c2ccccc2-n2c(nc3ccccc3c2=O)CN1CCN1CCCCC1. The van der Waals surface area contributed by atoms with Gasteiger partial charge in [-0.3, -0.25) is 14.2 Å². The summed E-state index contributed by atoms with van der Waals surface area (Å²) in [6.45, 7) is 4.01. The first-order valence-electron chi connectivity index (χ1n) is 10.3. The van der Waals surface area contributed by atoms with E-state index >= 15 is 0 Å². The number of aromatic nitrogens is 2. The Balaban J connectivity index is 1.59. The van der Waals surface area contributed by atoms with Crippen LogP contribution in [0.3, 0.4) is 0 Å². The van der Waals surface area contributed by atoms with E-state index < -0.39 is 0 Å². The highest BCUT2D eigenvalue weighted by atomic mass is 16.2. The van der Waals surface area contributed by atoms with Crippen LogP contribution in [0.1, 0.15) is 35.4 Å². The summed E-state index contributed by atoms with van der Waals surface area (Å²) in [6.07, 6.45) is 3.74. The third-order valence-corrected chi connectivity index (χ3v) is 5.97. The van der Waals surface area contributed by atoms with Crippen LogP contribution in [0.4, 0.5) is 0 Å². The summed E-state index contributed by atoms with van der Waals surface area (Å²) in [6, 6.07) is 14.7. The second kappa shape index (κ2) is 7.44. The van der Waals surface area contributed by atoms with E-state index in [1.165, 1.54) is 19.3 Å². The summed E-state index contributed by atoms with van der Waals surface area (Å²) < 4.78 is 1.62. The zero-order chi connectivity index (χ0) is 19.8. The average molecular weight is 388 g/mol. The lowest BCUT2D eigenvalue weighted by molar-refractivity contribution is 0.0716. The van der Waals surface area contributed by atoms with Gasteiger partial charge < -0.3 is 9.80 Å². The van der Waals surface area contributed by atoms with Gasteiger partial charge in [0.1, 0.15) is 5.82 Å². The van der Waals surface area contributed by atoms with Crippen molar-refractivity contribution in [1.29, 1.82) is 0 Å². The maximum Gasteiger partial charge on any atom is 0.266 e. The van der Waals surface area contributed by atoms with Crippen molar-refractivity contribution in [1.82, 2.24) is 19.4 Å². The van der Waals surface area contributed by atoms with Crippen LogP contribution in [0.2, 0.25) is 0 Å². The van der Waals surface area contributed by atoms with E-state index in [0.717, 1.165) is 19.6 Å². The fourth-order valence-corrected chi connectivity index (χ4v) is 4.42. The predicted octanol–water partition coefficient (Wildman–Crippen LogP) is 2.83. The van der Waals surface area contributed by atoms with E-state index in [-0.39, 0.29) is 11.5 Å². The first kappa shape index (κ1) is 18.1. The molecule has 0 radical (unpaired) electrons. The number of carbonyl (C=O) groups excluding carboxylic acids is 1. The van der Waals surface area contributed by atoms with Crippen LogP contribution in [0.15, 0.2) is 53.3 Å². The molecule has 0 bridgehead atoms. The monoisotopic (exact) mass is 388 g/mol. The highest BCUT2D eigenvalue weighted by Gasteiger charge is 2.28. The summed E-state index contributed by atoms with van der Waals surface area (Å²) in [4.78, 5) is 35.7. The molecule has 6 nitrogen and oxygen atoms in total. The number of nitrogens with zero attached hydrogens (tertiary/aromatic N) is 4. The molecule has 0 unspecified atom stereocenters. The van der Waals surface area contributed by atoms with Gasteiger partial charge >= 0.3 is 0 Å². The second-order valence-electron chi connectivity index (χ2n) is 7.83. The molecular weight excluding hydrogens is 364 g/mol. The first-order valence-corrected chi connectivity index (χ1v) is 10.3. The van der Waals surface area contributed by atoms with Gasteiger partial charge in [-0.15, -0.1) is 0 Å². The van der Waals surface area contributed by atoms with Gasteiger partial charge in [-0.25, -0.2) is 4.98 Å². The molecular formula is C23H24N4O2. The molecule has 1 saturated heterocycles. The molecule has 0 spiro atoms. The van der Waals surface area contributed by atoms with E-state index in [4.69, 9.17) is 4.98 Å². The quantitative estimate of drug-likeness (QED) is 0.692. The van der Waals surface area contributed by atoms with Crippen molar-refractivity contribution in [2.75, 3.05) is 26.2 Å². The Morgan fingerprint density at radius 3 is 2.48 bits per heavy atom. The molecule has 2 aromatic carbocycles. The summed E-state index contributed by atoms with van der Waals surface area (Å²) in [5.41, 5.74) is 1.73. The molecule has 6 heteroatoms. The Labute approximate surface area is 169 Å². The van der Waals surface area contributed by atoms with Gasteiger partial charge in [-0.2, -0.15) is 0 Å². The molecule has 0 aliphatic carbocycles. The van der Waals surface area contributed by atoms with E-state index in [0.29, 0.717) is 41.1 Å². The number of fused-ring (bicyclic) bond motifs is 4. The largest absolute Gasteiger partial charge is 0.330 e. The first-order chi connectivity index (χ1) is 14.2. The highest BCUT2D eigenvalue weighted by Crippen LogP contribution is 2.23. The summed E-state index contributed by atoms with van der Waals surface area (Å²) >= 11 is 0. The lowest BCUT2D eigenvalue weighted by Gasteiger charge is -2.29. The van der Waals surface area contributed by atoms with Crippen molar-refractivity contribution in [2.45, 2.75) is 25.8 Å². The number of hydrogen-bond acceptors (Lipinski definition) is 4. The average Bonchev–Trinajstić information content (AvgIpc) is 2.88. The number of para-hydroxylation sites is 2. The van der Waals surface area contributed by atoms with Gasteiger partial charge in [-0.05, 0) is 50.2 Å². The van der Waals surface area contributed by atoms with Crippen molar-refractivity contribution >= 4 is 16.8 Å². The molecule has 3 heterocycles. The number of hydrogen-bond donors (Lipinski definition) is 0. The van der Waals surface area contributed by atoms with Crippen molar-refractivity contribution in [3.05, 3.63) is 70.3 Å². The van der Waals surface area contributed by atoms with Crippen LogP contribution in [0, 0.1) is 0 Å². The van der Waals surface area contributed by atoms with Gasteiger partial charge in [0.15, 0.2) is 0 Å². The van der Waals surface area contributed by atoms with E-state index in [1.54, 1.807) is 10.6 Å². The Hall–Kier alpha value is -2.99. The van der Waals surface area contributed by atoms with Crippen molar-refractivity contribution < 1.29 is 4.79 Å². The molecule has 2 aliphatic rings. The Kier molecular flexibility index (Phi) is 4.64. The van der Waals surface area contributed by atoms with Crippen LogP contribution in [0.25, 0.3) is 16.6 Å². The van der Waals surface area contributed by atoms with Crippen molar-refractivity contribution in [3.8, 4) is 5.69 Å². The van der Waals surface area contributed by atoms with Gasteiger partial charge in [-0.1, -0.05) is 30.7 Å². The minimum Gasteiger partial charge on any atom is -0.330 e. The zero-order valence-electron chi connectivity index (χ0n) is 16.4. The third kappa shape index (κ3) is 3.23. The summed E-state index contributed by atoms with van der Waals surface area (Å²) in [5, 5.41) is 0.570. The highest BCUT2D eigenvalue weighted by molar-refractivity contribution is 5.98. The Morgan fingerprint density at radius 2 is 1.62 bits per heavy atom. The molecule has 0 N–H and O–H groups in total. The molecule has 1 amide bonds. The van der Waals surface area contributed by atoms with Crippen molar-refractivity contribution in [2.24, 2.45) is 0 Å².